The molecule has 0 amide bonds. The molecular weight excluding hydrogens is 306 g/mol. The van der Waals surface area contributed by atoms with Crippen LogP contribution >= 0.6 is 11.3 Å². The summed E-state index contributed by atoms with van der Waals surface area (Å²) in [5.74, 6) is -0.778. The lowest BCUT2D eigenvalue weighted by molar-refractivity contribution is -0.144. The van der Waals surface area contributed by atoms with E-state index in [1.165, 1.54) is 10.4 Å². The Morgan fingerprint density at radius 3 is 2.83 bits per heavy atom. The van der Waals surface area contributed by atoms with Crippen LogP contribution in [0.3, 0.4) is 0 Å². The van der Waals surface area contributed by atoms with Gasteiger partial charge in [0, 0.05) is 18.0 Å². The van der Waals surface area contributed by atoms with Crippen molar-refractivity contribution in [3.05, 3.63) is 69.9 Å². The maximum atomic E-state index is 12.1. The number of hydrogen-bond acceptors (Lipinski definition) is 3. The van der Waals surface area contributed by atoms with Crippen LogP contribution in [0.2, 0.25) is 0 Å². The number of carboxylic acid groups (broad SMARTS) is 1. The molecule has 1 aromatic heterocycles. The molecule has 1 unspecified atom stereocenters. The number of hydrogen-bond donors (Lipinski definition) is 1. The van der Waals surface area contributed by atoms with Crippen LogP contribution in [0.15, 0.2) is 53.9 Å². The van der Waals surface area contributed by atoms with Gasteiger partial charge in [-0.25, -0.2) is 0 Å². The Bertz CT molecular complexity index is 865. The maximum absolute atomic E-state index is 12.1. The molecule has 4 rings (SSSR count). The summed E-state index contributed by atoms with van der Waals surface area (Å²) in [5, 5.41) is 14.1. The van der Waals surface area contributed by atoms with Crippen molar-refractivity contribution >= 4 is 28.1 Å². The molecule has 0 saturated carbocycles. The third-order valence-electron chi connectivity index (χ3n) is 4.55. The van der Waals surface area contributed by atoms with Crippen LogP contribution in [-0.2, 0) is 17.8 Å². The van der Waals surface area contributed by atoms with Gasteiger partial charge in [-0.3, -0.25) is 9.69 Å². The van der Waals surface area contributed by atoms with Crippen molar-refractivity contribution in [1.82, 2.24) is 4.90 Å². The predicted octanol–water partition coefficient (Wildman–Crippen LogP) is 4.09. The minimum Gasteiger partial charge on any atom is -0.480 e. The largest absolute Gasteiger partial charge is 0.480 e. The maximum Gasteiger partial charge on any atom is 0.325 e. The molecule has 1 atom stereocenters. The average molecular weight is 323 g/mol. The molecule has 1 aliphatic heterocycles. The van der Waals surface area contributed by atoms with E-state index in [4.69, 9.17) is 0 Å². The van der Waals surface area contributed by atoms with Gasteiger partial charge in [0.2, 0.25) is 0 Å². The van der Waals surface area contributed by atoms with Crippen LogP contribution in [0.25, 0.3) is 10.8 Å². The van der Waals surface area contributed by atoms with Crippen molar-refractivity contribution in [2.45, 2.75) is 19.0 Å². The van der Waals surface area contributed by atoms with Gasteiger partial charge >= 0.3 is 5.97 Å². The number of carbonyl (C=O) groups is 1. The van der Waals surface area contributed by atoms with Crippen LogP contribution in [0.4, 0.5) is 0 Å². The molecule has 116 valence electrons. The molecular formula is C19H17NO2S. The van der Waals surface area contributed by atoms with E-state index in [1.807, 2.05) is 42.5 Å². The van der Waals surface area contributed by atoms with Gasteiger partial charge in [0.05, 0.1) is 0 Å². The van der Waals surface area contributed by atoms with Crippen molar-refractivity contribution in [2.24, 2.45) is 0 Å². The van der Waals surface area contributed by atoms with Gasteiger partial charge in [0.1, 0.15) is 6.04 Å². The molecule has 0 fully saturated rings. The number of carboxylic acids is 1. The zero-order chi connectivity index (χ0) is 15.8. The monoisotopic (exact) mass is 323 g/mol. The summed E-state index contributed by atoms with van der Waals surface area (Å²) in [6.45, 7) is 1.49. The van der Waals surface area contributed by atoms with Gasteiger partial charge in [-0.1, -0.05) is 42.5 Å². The Morgan fingerprint density at radius 2 is 1.96 bits per heavy atom. The Labute approximate surface area is 138 Å². The number of fused-ring (bicyclic) bond motifs is 2. The summed E-state index contributed by atoms with van der Waals surface area (Å²) in [4.78, 5) is 15.5. The highest BCUT2D eigenvalue weighted by Crippen LogP contribution is 2.33. The topological polar surface area (TPSA) is 40.5 Å². The summed E-state index contributed by atoms with van der Waals surface area (Å²) in [5.41, 5.74) is 2.15. The van der Waals surface area contributed by atoms with Gasteiger partial charge in [-0.2, -0.15) is 0 Å². The molecule has 4 heteroatoms. The Kier molecular flexibility index (Phi) is 3.63. The van der Waals surface area contributed by atoms with Crippen molar-refractivity contribution in [3.8, 4) is 0 Å². The Balaban J connectivity index is 1.78. The van der Waals surface area contributed by atoms with E-state index in [9.17, 15) is 9.90 Å². The normalized spacial score (nSPS) is 16.2. The lowest BCUT2D eigenvalue weighted by Crippen LogP contribution is -2.37. The van der Waals surface area contributed by atoms with E-state index in [-0.39, 0.29) is 0 Å². The Morgan fingerprint density at radius 1 is 1.13 bits per heavy atom. The lowest BCUT2D eigenvalue weighted by atomic mass is 9.96. The van der Waals surface area contributed by atoms with Gasteiger partial charge in [-0.05, 0) is 39.8 Å². The molecule has 0 bridgehead atoms. The first-order valence-electron chi connectivity index (χ1n) is 7.74. The molecule has 1 aliphatic rings. The summed E-state index contributed by atoms with van der Waals surface area (Å²) >= 11 is 1.77. The van der Waals surface area contributed by atoms with Gasteiger partial charge in [0.15, 0.2) is 0 Å². The molecule has 3 nitrogen and oxygen atoms in total. The molecule has 0 saturated heterocycles. The van der Waals surface area contributed by atoms with Crippen LogP contribution in [0.5, 0.6) is 0 Å². The Hall–Kier alpha value is -2.17. The van der Waals surface area contributed by atoms with E-state index >= 15 is 0 Å². The molecule has 0 spiro atoms. The standard InChI is InChI=1S/C19H17NO2S/c21-19(22)18(20-10-8-17-14(12-20)9-11-23-17)16-7-3-5-13-4-1-2-6-15(13)16/h1-7,9,11,18H,8,10,12H2,(H,21,22). The van der Waals surface area contributed by atoms with E-state index < -0.39 is 12.0 Å². The van der Waals surface area contributed by atoms with Crippen molar-refractivity contribution in [3.63, 3.8) is 0 Å². The number of nitrogens with zero attached hydrogens (tertiary/aromatic N) is 1. The SMILES string of the molecule is O=C(O)C(c1cccc2ccccc12)N1CCc2sccc2C1. The number of benzene rings is 2. The molecule has 3 aromatic rings. The molecule has 2 aromatic carbocycles. The quantitative estimate of drug-likeness (QED) is 0.789. The number of rotatable bonds is 3. The van der Waals surface area contributed by atoms with Crippen LogP contribution in [0.1, 0.15) is 22.0 Å². The third kappa shape index (κ3) is 2.54. The zero-order valence-corrected chi connectivity index (χ0v) is 13.4. The van der Waals surface area contributed by atoms with Crippen molar-refractivity contribution in [1.29, 1.82) is 0 Å². The molecule has 2 heterocycles. The van der Waals surface area contributed by atoms with E-state index in [2.05, 4.69) is 16.3 Å². The van der Waals surface area contributed by atoms with Gasteiger partial charge in [0.25, 0.3) is 0 Å². The van der Waals surface area contributed by atoms with Gasteiger partial charge in [-0.15, -0.1) is 11.3 Å². The molecule has 23 heavy (non-hydrogen) atoms. The summed E-state index contributed by atoms with van der Waals surface area (Å²) < 4.78 is 0. The minimum absolute atomic E-state index is 0.603. The summed E-state index contributed by atoms with van der Waals surface area (Å²) in [7, 11) is 0. The molecule has 0 aliphatic carbocycles. The fourth-order valence-corrected chi connectivity index (χ4v) is 4.36. The zero-order valence-electron chi connectivity index (χ0n) is 12.6. The smallest absolute Gasteiger partial charge is 0.325 e. The second kappa shape index (κ2) is 5.80. The predicted molar refractivity (Wildman–Crippen MR) is 92.8 cm³/mol. The highest BCUT2D eigenvalue weighted by atomic mass is 32.1. The van der Waals surface area contributed by atoms with Crippen LogP contribution in [-0.4, -0.2) is 22.5 Å². The average Bonchev–Trinajstić information content (AvgIpc) is 3.03. The minimum atomic E-state index is -0.778. The number of aliphatic carboxylic acids is 1. The summed E-state index contributed by atoms with van der Waals surface area (Å²) in [6, 6.07) is 15.5. The van der Waals surface area contributed by atoms with Gasteiger partial charge < -0.3 is 5.11 Å². The molecule has 1 N–H and O–H groups in total. The first-order chi connectivity index (χ1) is 11.2. The highest BCUT2D eigenvalue weighted by molar-refractivity contribution is 7.10. The fourth-order valence-electron chi connectivity index (χ4n) is 3.47. The van der Waals surface area contributed by atoms with E-state index in [1.54, 1.807) is 11.3 Å². The van der Waals surface area contributed by atoms with Crippen LogP contribution in [0, 0.1) is 0 Å². The second-order valence-corrected chi connectivity index (χ2v) is 6.90. The second-order valence-electron chi connectivity index (χ2n) is 5.90. The number of thiophene rings is 1. The summed E-state index contributed by atoms with van der Waals surface area (Å²) in [6.07, 6.45) is 0.932. The lowest BCUT2D eigenvalue weighted by Gasteiger charge is -2.32. The van der Waals surface area contributed by atoms with Crippen LogP contribution < -0.4 is 0 Å². The van der Waals surface area contributed by atoms with E-state index in [0.29, 0.717) is 6.54 Å². The first-order valence-corrected chi connectivity index (χ1v) is 8.62. The van der Waals surface area contributed by atoms with Crippen molar-refractivity contribution in [2.75, 3.05) is 6.54 Å². The third-order valence-corrected chi connectivity index (χ3v) is 5.58. The fraction of sp³-hybridized carbons (Fsp3) is 0.211. The van der Waals surface area contributed by atoms with Crippen molar-refractivity contribution < 1.29 is 9.90 Å². The molecule has 0 radical (unpaired) electrons. The van der Waals surface area contributed by atoms with E-state index in [0.717, 1.165) is 29.3 Å². The highest BCUT2D eigenvalue weighted by Gasteiger charge is 2.31. The first kappa shape index (κ1) is 14.4.